The second-order valence-corrected chi connectivity index (χ2v) is 9.45. The van der Waals surface area contributed by atoms with E-state index in [1.807, 2.05) is 43.7 Å². The predicted octanol–water partition coefficient (Wildman–Crippen LogP) is 1.93. The lowest BCUT2D eigenvalue weighted by atomic mass is 9.58. The van der Waals surface area contributed by atoms with Gasteiger partial charge in [-0.15, -0.1) is 0 Å². The van der Waals surface area contributed by atoms with E-state index in [1.165, 1.54) is 0 Å². The molecule has 9 nitrogen and oxygen atoms in total. The quantitative estimate of drug-likeness (QED) is 0.639. The van der Waals surface area contributed by atoms with E-state index >= 15 is 0 Å². The largest absolute Gasteiger partial charge is 0.467 e. The van der Waals surface area contributed by atoms with Crippen molar-refractivity contribution in [3.05, 3.63) is 71.9 Å². The van der Waals surface area contributed by atoms with E-state index in [0.29, 0.717) is 31.9 Å². The Morgan fingerprint density at radius 3 is 2.79 bits per heavy atom. The SMILES string of the molecule is Cn1cc(CN2CC3(CN(C(=O)NCc4ccco4)C3)[C@]3(C2)C(=O)Nc2ccccc23)cn1. The van der Waals surface area contributed by atoms with Crippen LogP contribution in [0.15, 0.2) is 59.5 Å². The molecule has 3 amide bonds. The van der Waals surface area contributed by atoms with E-state index in [4.69, 9.17) is 4.42 Å². The van der Waals surface area contributed by atoms with Gasteiger partial charge in [0.1, 0.15) is 5.76 Å². The number of benzene rings is 1. The third-order valence-electron chi connectivity index (χ3n) is 7.35. The average Bonchev–Trinajstić information content (AvgIpc) is 3.54. The Balaban J connectivity index is 1.27. The maximum atomic E-state index is 13.5. The maximum absolute atomic E-state index is 13.5. The third-order valence-corrected chi connectivity index (χ3v) is 7.35. The summed E-state index contributed by atoms with van der Waals surface area (Å²) >= 11 is 0. The number of carbonyl (C=O) groups excluding carboxylic acids is 2. The summed E-state index contributed by atoms with van der Waals surface area (Å²) in [4.78, 5) is 30.5. The topological polar surface area (TPSA) is 95.6 Å². The highest BCUT2D eigenvalue weighted by Crippen LogP contribution is 2.58. The molecule has 1 atom stereocenters. The van der Waals surface area contributed by atoms with Gasteiger partial charge in [0.25, 0.3) is 0 Å². The highest BCUT2D eigenvalue weighted by Gasteiger charge is 2.70. The molecule has 9 heteroatoms. The molecule has 3 aromatic rings. The first-order chi connectivity index (χ1) is 16.0. The Hall–Kier alpha value is -3.59. The monoisotopic (exact) mass is 446 g/mol. The minimum absolute atomic E-state index is 0.0352. The lowest BCUT2D eigenvalue weighted by Crippen LogP contribution is -2.69. The van der Waals surface area contributed by atoms with Crippen molar-refractivity contribution in [2.45, 2.75) is 18.5 Å². The number of likely N-dealkylation sites (tertiary alicyclic amines) is 2. The number of aromatic nitrogens is 2. The molecule has 6 rings (SSSR count). The van der Waals surface area contributed by atoms with E-state index in [1.54, 1.807) is 21.9 Å². The number of urea groups is 1. The van der Waals surface area contributed by atoms with Gasteiger partial charge >= 0.3 is 6.03 Å². The number of hydrogen-bond acceptors (Lipinski definition) is 5. The number of nitrogens with zero attached hydrogens (tertiary/aromatic N) is 4. The van der Waals surface area contributed by atoms with Crippen LogP contribution in [0.25, 0.3) is 0 Å². The minimum atomic E-state index is -0.677. The molecule has 2 N–H and O–H groups in total. The molecule has 1 aromatic carbocycles. The molecular weight excluding hydrogens is 420 g/mol. The molecule has 2 fully saturated rings. The first kappa shape index (κ1) is 20.0. The van der Waals surface area contributed by atoms with Crippen LogP contribution in [0.4, 0.5) is 10.5 Å². The van der Waals surface area contributed by atoms with Crippen LogP contribution < -0.4 is 10.6 Å². The van der Waals surface area contributed by atoms with Crippen molar-refractivity contribution >= 4 is 17.6 Å². The molecule has 0 bridgehead atoms. The van der Waals surface area contributed by atoms with Crippen molar-refractivity contribution in [2.75, 3.05) is 31.5 Å². The normalized spacial score (nSPS) is 23.1. The van der Waals surface area contributed by atoms with Crippen LogP contribution in [-0.2, 0) is 30.3 Å². The molecule has 0 radical (unpaired) electrons. The molecule has 2 spiro atoms. The molecular formula is C24H26N6O3. The Morgan fingerprint density at radius 1 is 1.18 bits per heavy atom. The highest BCUT2D eigenvalue weighted by molar-refractivity contribution is 6.08. The zero-order valence-corrected chi connectivity index (χ0v) is 18.5. The maximum Gasteiger partial charge on any atom is 0.317 e. The fourth-order valence-corrected chi connectivity index (χ4v) is 5.93. The van der Waals surface area contributed by atoms with Crippen LogP contribution in [0.1, 0.15) is 16.9 Å². The van der Waals surface area contributed by atoms with Crippen LogP contribution in [-0.4, -0.2) is 57.7 Å². The Bertz CT molecular complexity index is 1210. The Morgan fingerprint density at radius 2 is 2.03 bits per heavy atom. The van der Waals surface area contributed by atoms with Gasteiger partial charge in [-0.3, -0.25) is 14.4 Å². The number of nitrogens with one attached hydrogen (secondary N) is 2. The van der Waals surface area contributed by atoms with Gasteiger partial charge in [-0.05, 0) is 23.8 Å². The standard InChI is InChI=1S/C24H26N6O3/c1-28-11-17(9-26-28)12-29-13-23(14-30(15-23)22(32)25-10-18-5-4-8-33-18)24(16-29)19-6-2-3-7-20(19)27-21(24)31/h2-9,11H,10,12-16H2,1H3,(H,25,32)(H,27,31)/t24-/m0/s1. The van der Waals surface area contributed by atoms with Gasteiger partial charge in [0.05, 0.1) is 24.4 Å². The van der Waals surface area contributed by atoms with E-state index in [9.17, 15) is 9.59 Å². The fourth-order valence-electron chi connectivity index (χ4n) is 5.93. The fraction of sp³-hybridized carbons (Fsp3) is 0.375. The summed E-state index contributed by atoms with van der Waals surface area (Å²) in [6.07, 6.45) is 5.47. The molecule has 0 aliphatic carbocycles. The lowest BCUT2D eigenvalue weighted by molar-refractivity contribution is -0.128. The number of amides is 3. The first-order valence-electron chi connectivity index (χ1n) is 11.2. The van der Waals surface area contributed by atoms with Crippen LogP contribution in [0.3, 0.4) is 0 Å². The molecule has 5 heterocycles. The van der Waals surface area contributed by atoms with E-state index < -0.39 is 5.41 Å². The van der Waals surface area contributed by atoms with Gasteiger partial charge in [-0.25, -0.2) is 4.79 Å². The highest BCUT2D eigenvalue weighted by atomic mass is 16.3. The molecule has 0 unspecified atom stereocenters. The number of para-hydroxylation sites is 1. The van der Waals surface area contributed by atoms with Gasteiger partial charge in [0.2, 0.25) is 5.91 Å². The number of rotatable bonds is 4. The zero-order chi connectivity index (χ0) is 22.6. The zero-order valence-electron chi connectivity index (χ0n) is 18.5. The summed E-state index contributed by atoms with van der Waals surface area (Å²) in [5.41, 5.74) is 2.02. The molecule has 170 valence electrons. The summed E-state index contributed by atoms with van der Waals surface area (Å²) < 4.78 is 7.11. The van der Waals surface area contributed by atoms with Crippen LogP contribution in [0.2, 0.25) is 0 Å². The summed E-state index contributed by atoms with van der Waals surface area (Å²) in [6, 6.07) is 11.5. The van der Waals surface area contributed by atoms with Crippen molar-refractivity contribution in [1.29, 1.82) is 0 Å². The number of fused-ring (bicyclic) bond motifs is 3. The number of furan rings is 1. The van der Waals surface area contributed by atoms with Crippen LogP contribution in [0.5, 0.6) is 0 Å². The minimum Gasteiger partial charge on any atom is -0.467 e. The van der Waals surface area contributed by atoms with E-state index in [0.717, 1.165) is 29.9 Å². The second-order valence-electron chi connectivity index (χ2n) is 9.45. The van der Waals surface area contributed by atoms with E-state index in [2.05, 4.69) is 26.7 Å². The predicted molar refractivity (Wildman–Crippen MR) is 120 cm³/mol. The van der Waals surface area contributed by atoms with Gasteiger partial charge in [-0.1, -0.05) is 18.2 Å². The van der Waals surface area contributed by atoms with Crippen molar-refractivity contribution in [3.63, 3.8) is 0 Å². The third kappa shape index (κ3) is 2.99. The summed E-state index contributed by atoms with van der Waals surface area (Å²) in [5.74, 6) is 0.746. The van der Waals surface area contributed by atoms with Crippen molar-refractivity contribution in [3.8, 4) is 0 Å². The van der Waals surface area contributed by atoms with E-state index in [-0.39, 0.29) is 17.4 Å². The second kappa shape index (κ2) is 7.21. The molecule has 2 saturated heterocycles. The number of aryl methyl sites for hydroxylation is 1. The number of hydrogen-bond donors (Lipinski definition) is 2. The van der Waals surface area contributed by atoms with Crippen molar-refractivity contribution in [1.82, 2.24) is 24.9 Å². The van der Waals surface area contributed by atoms with Gasteiger partial charge in [0.15, 0.2) is 0 Å². The summed E-state index contributed by atoms with van der Waals surface area (Å²) in [6.45, 7) is 3.48. The smallest absolute Gasteiger partial charge is 0.317 e. The number of carbonyl (C=O) groups is 2. The van der Waals surface area contributed by atoms with Gasteiger partial charge in [0, 0.05) is 62.6 Å². The van der Waals surface area contributed by atoms with Crippen LogP contribution >= 0.6 is 0 Å². The number of anilines is 1. The first-order valence-corrected chi connectivity index (χ1v) is 11.2. The molecule has 2 aromatic heterocycles. The Kier molecular flexibility index (Phi) is 4.38. The van der Waals surface area contributed by atoms with Crippen LogP contribution in [0, 0.1) is 5.41 Å². The molecule has 3 aliphatic rings. The van der Waals surface area contributed by atoms with Crippen molar-refractivity contribution < 1.29 is 14.0 Å². The summed E-state index contributed by atoms with van der Waals surface area (Å²) in [7, 11) is 1.91. The Labute approximate surface area is 191 Å². The molecule has 3 aliphatic heterocycles. The average molecular weight is 447 g/mol. The lowest BCUT2D eigenvalue weighted by Gasteiger charge is -2.54. The molecule has 33 heavy (non-hydrogen) atoms. The van der Waals surface area contributed by atoms with Gasteiger partial charge in [-0.2, -0.15) is 5.10 Å². The van der Waals surface area contributed by atoms with Gasteiger partial charge < -0.3 is 20.0 Å². The summed E-state index contributed by atoms with van der Waals surface area (Å²) in [5, 5.41) is 10.3. The molecule has 0 saturated carbocycles. The van der Waals surface area contributed by atoms with Crippen molar-refractivity contribution in [2.24, 2.45) is 12.5 Å².